The summed E-state index contributed by atoms with van der Waals surface area (Å²) < 4.78 is 0. The Morgan fingerprint density at radius 3 is 2.87 bits per heavy atom. The zero-order chi connectivity index (χ0) is 11.3. The molecule has 1 aromatic rings. The highest BCUT2D eigenvalue weighted by Crippen LogP contribution is 2.22. The van der Waals surface area contributed by atoms with E-state index in [1.807, 2.05) is 6.07 Å². The molecule has 0 aliphatic heterocycles. The van der Waals surface area contributed by atoms with E-state index in [9.17, 15) is 0 Å². The second-order valence-electron chi connectivity index (χ2n) is 3.21. The standard InChI is InChI=1S/C10H15N3OS/c1-3-7(2)15-9-5-4-8(6-12-9)10(11)13-14/h4-7,14H,3H2,1-2H3,(H2,11,13). The van der Waals surface area contributed by atoms with Crippen LogP contribution in [-0.4, -0.2) is 21.3 Å². The van der Waals surface area contributed by atoms with Gasteiger partial charge in [-0.1, -0.05) is 19.0 Å². The number of pyridine rings is 1. The van der Waals surface area contributed by atoms with Crippen molar-refractivity contribution in [3.8, 4) is 0 Å². The highest BCUT2D eigenvalue weighted by molar-refractivity contribution is 7.99. The third-order valence-corrected chi connectivity index (χ3v) is 3.26. The first-order chi connectivity index (χ1) is 7.17. The van der Waals surface area contributed by atoms with E-state index in [1.165, 1.54) is 0 Å². The molecule has 1 rings (SSSR count). The number of nitrogens with zero attached hydrogens (tertiary/aromatic N) is 2. The summed E-state index contributed by atoms with van der Waals surface area (Å²) >= 11 is 1.72. The van der Waals surface area contributed by atoms with Crippen molar-refractivity contribution in [1.29, 1.82) is 0 Å². The molecule has 0 aliphatic carbocycles. The lowest BCUT2D eigenvalue weighted by Gasteiger charge is -2.07. The molecule has 5 heteroatoms. The number of nitrogens with two attached hydrogens (primary N) is 1. The molecule has 1 heterocycles. The Balaban J connectivity index is 2.72. The van der Waals surface area contributed by atoms with Gasteiger partial charge in [0.2, 0.25) is 0 Å². The van der Waals surface area contributed by atoms with Gasteiger partial charge in [-0.15, -0.1) is 11.8 Å². The molecule has 0 bridgehead atoms. The molecule has 0 saturated heterocycles. The van der Waals surface area contributed by atoms with Crippen LogP contribution >= 0.6 is 11.8 Å². The lowest BCUT2D eigenvalue weighted by atomic mass is 10.3. The topological polar surface area (TPSA) is 71.5 Å². The van der Waals surface area contributed by atoms with Gasteiger partial charge in [-0.3, -0.25) is 0 Å². The Hall–Kier alpha value is -1.23. The van der Waals surface area contributed by atoms with E-state index in [-0.39, 0.29) is 5.84 Å². The van der Waals surface area contributed by atoms with Crippen LogP contribution in [0, 0.1) is 0 Å². The average molecular weight is 225 g/mol. The summed E-state index contributed by atoms with van der Waals surface area (Å²) in [6.07, 6.45) is 2.72. The van der Waals surface area contributed by atoms with Gasteiger partial charge < -0.3 is 10.9 Å². The van der Waals surface area contributed by atoms with Gasteiger partial charge in [0.25, 0.3) is 0 Å². The van der Waals surface area contributed by atoms with E-state index in [1.54, 1.807) is 24.0 Å². The second-order valence-corrected chi connectivity index (χ2v) is 4.67. The maximum absolute atomic E-state index is 8.47. The van der Waals surface area contributed by atoms with Crippen LogP contribution in [0.1, 0.15) is 25.8 Å². The van der Waals surface area contributed by atoms with E-state index in [4.69, 9.17) is 10.9 Å². The van der Waals surface area contributed by atoms with Gasteiger partial charge in [0.1, 0.15) is 0 Å². The number of oxime groups is 1. The van der Waals surface area contributed by atoms with E-state index in [2.05, 4.69) is 24.0 Å². The van der Waals surface area contributed by atoms with Gasteiger partial charge in [0.15, 0.2) is 5.84 Å². The molecular weight excluding hydrogens is 210 g/mol. The number of thioether (sulfide) groups is 1. The molecule has 0 radical (unpaired) electrons. The third kappa shape index (κ3) is 3.43. The quantitative estimate of drug-likeness (QED) is 0.270. The van der Waals surface area contributed by atoms with Crippen molar-refractivity contribution in [2.75, 3.05) is 0 Å². The molecule has 0 spiro atoms. The molecular formula is C10H15N3OS. The fourth-order valence-corrected chi connectivity index (χ4v) is 1.79. The molecule has 15 heavy (non-hydrogen) atoms. The van der Waals surface area contributed by atoms with Crippen molar-refractivity contribution < 1.29 is 5.21 Å². The molecule has 3 N–H and O–H groups in total. The van der Waals surface area contributed by atoms with Crippen molar-refractivity contribution >= 4 is 17.6 Å². The van der Waals surface area contributed by atoms with E-state index >= 15 is 0 Å². The van der Waals surface area contributed by atoms with Gasteiger partial charge in [0.05, 0.1) is 5.03 Å². The van der Waals surface area contributed by atoms with Crippen LogP contribution in [-0.2, 0) is 0 Å². The molecule has 0 amide bonds. The SMILES string of the molecule is CCC(C)Sc1ccc(/C(N)=N/O)cn1. The Kier molecular flexibility index (Phi) is 4.42. The first kappa shape index (κ1) is 11.8. The van der Waals surface area contributed by atoms with Crippen molar-refractivity contribution in [3.63, 3.8) is 0 Å². The van der Waals surface area contributed by atoms with E-state index < -0.39 is 0 Å². The number of rotatable bonds is 4. The normalized spacial score (nSPS) is 13.9. The monoisotopic (exact) mass is 225 g/mol. The van der Waals surface area contributed by atoms with Gasteiger partial charge >= 0.3 is 0 Å². The molecule has 0 fully saturated rings. The van der Waals surface area contributed by atoms with Crippen LogP contribution in [0.5, 0.6) is 0 Å². The van der Waals surface area contributed by atoms with Gasteiger partial charge in [-0.05, 0) is 18.6 Å². The summed E-state index contributed by atoms with van der Waals surface area (Å²) in [5.41, 5.74) is 6.06. The second kappa shape index (κ2) is 5.60. The van der Waals surface area contributed by atoms with Gasteiger partial charge in [-0.2, -0.15) is 0 Å². The summed E-state index contributed by atoms with van der Waals surface area (Å²) in [6.45, 7) is 4.30. The lowest BCUT2D eigenvalue weighted by Crippen LogP contribution is -2.13. The Bertz CT molecular complexity index is 337. The zero-order valence-electron chi connectivity index (χ0n) is 8.84. The van der Waals surface area contributed by atoms with Crippen molar-refractivity contribution in [2.45, 2.75) is 30.5 Å². The number of amidine groups is 1. The smallest absolute Gasteiger partial charge is 0.171 e. The zero-order valence-corrected chi connectivity index (χ0v) is 9.66. The van der Waals surface area contributed by atoms with Crippen molar-refractivity contribution in [3.05, 3.63) is 23.9 Å². The van der Waals surface area contributed by atoms with Crippen LogP contribution in [0.15, 0.2) is 28.5 Å². The third-order valence-electron chi connectivity index (χ3n) is 2.04. The summed E-state index contributed by atoms with van der Waals surface area (Å²) in [7, 11) is 0. The molecule has 0 aromatic carbocycles. The maximum Gasteiger partial charge on any atom is 0.171 e. The fraction of sp³-hybridized carbons (Fsp3) is 0.400. The van der Waals surface area contributed by atoms with Crippen LogP contribution in [0.2, 0.25) is 0 Å². The van der Waals surface area contributed by atoms with Crippen molar-refractivity contribution in [1.82, 2.24) is 4.98 Å². The minimum atomic E-state index is 0.0857. The highest BCUT2D eigenvalue weighted by atomic mass is 32.2. The van der Waals surface area contributed by atoms with E-state index in [0.29, 0.717) is 10.8 Å². The van der Waals surface area contributed by atoms with Gasteiger partial charge in [-0.25, -0.2) is 4.98 Å². The molecule has 4 nitrogen and oxygen atoms in total. The molecule has 0 saturated carbocycles. The molecule has 82 valence electrons. The summed E-state index contributed by atoms with van der Waals surface area (Å²) in [5.74, 6) is 0.0857. The van der Waals surface area contributed by atoms with Gasteiger partial charge in [0, 0.05) is 17.0 Å². The first-order valence-corrected chi connectivity index (χ1v) is 5.66. The Morgan fingerprint density at radius 2 is 2.40 bits per heavy atom. The molecule has 1 atom stereocenters. The fourth-order valence-electron chi connectivity index (χ4n) is 0.949. The lowest BCUT2D eigenvalue weighted by molar-refractivity contribution is 0.318. The van der Waals surface area contributed by atoms with Crippen molar-refractivity contribution in [2.24, 2.45) is 10.9 Å². The predicted octanol–water partition coefficient (Wildman–Crippen LogP) is 2.07. The minimum Gasteiger partial charge on any atom is -0.409 e. The van der Waals surface area contributed by atoms with Crippen LogP contribution < -0.4 is 5.73 Å². The highest BCUT2D eigenvalue weighted by Gasteiger charge is 2.04. The maximum atomic E-state index is 8.47. The summed E-state index contributed by atoms with van der Waals surface area (Å²) in [4.78, 5) is 4.23. The summed E-state index contributed by atoms with van der Waals surface area (Å²) in [6, 6.07) is 3.68. The minimum absolute atomic E-state index is 0.0857. The first-order valence-electron chi connectivity index (χ1n) is 4.78. The number of aromatic nitrogens is 1. The van der Waals surface area contributed by atoms with Crippen LogP contribution in [0.25, 0.3) is 0 Å². The number of hydrogen-bond acceptors (Lipinski definition) is 4. The Morgan fingerprint density at radius 1 is 1.67 bits per heavy atom. The Labute approximate surface area is 93.6 Å². The molecule has 0 aliphatic rings. The molecule has 1 unspecified atom stereocenters. The predicted molar refractivity (Wildman–Crippen MR) is 62.4 cm³/mol. The number of hydrogen-bond donors (Lipinski definition) is 2. The van der Waals surface area contributed by atoms with Crippen LogP contribution in [0.4, 0.5) is 0 Å². The van der Waals surface area contributed by atoms with E-state index in [0.717, 1.165) is 11.4 Å². The largest absolute Gasteiger partial charge is 0.409 e. The molecule has 1 aromatic heterocycles. The van der Waals surface area contributed by atoms with Crippen LogP contribution in [0.3, 0.4) is 0 Å². The average Bonchev–Trinajstić information content (AvgIpc) is 2.29. The summed E-state index contributed by atoms with van der Waals surface area (Å²) in [5, 5.41) is 12.9.